The van der Waals surface area contributed by atoms with Crippen LogP contribution in [0, 0.1) is 6.92 Å². The number of carbonyl (C=O) groups excluding carboxylic acids is 1. The van der Waals surface area contributed by atoms with Crippen LogP contribution in [0.15, 0.2) is 77.4 Å². The van der Waals surface area contributed by atoms with Gasteiger partial charge in [-0.1, -0.05) is 48.0 Å². The molecule has 2 aromatic carbocycles. The number of hydrogen-bond donors (Lipinski definition) is 1. The lowest BCUT2D eigenvalue weighted by molar-refractivity contribution is 0.0937. The van der Waals surface area contributed by atoms with Gasteiger partial charge in [-0.05, 0) is 36.8 Å². The van der Waals surface area contributed by atoms with Crippen molar-refractivity contribution in [2.75, 3.05) is 0 Å². The van der Waals surface area contributed by atoms with Crippen LogP contribution in [0.1, 0.15) is 33.3 Å². The highest BCUT2D eigenvalue weighted by Gasteiger charge is 2.18. The summed E-state index contributed by atoms with van der Waals surface area (Å²) in [5.41, 5.74) is 3.13. The molecule has 0 unspecified atom stereocenters. The number of furan rings is 1. The van der Waals surface area contributed by atoms with Gasteiger partial charge in [-0.15, -0.1) is 5.10 Å². The Labute approximate surface area is 162 Å². The number of nitrogens with one attached hydrogen (secondary N) is 1. The van der Waals surface area contributed by atoms with Crippen LogP contribution in [0.25, 0.3) is 5.69 Å². The fourth-order valence-electron chi connectivity index (χ4n) is 2.89. The monoisotopic (exact) mass is 372 g/mol. The summed E-state index contributed by atoms with van der Waals surface area (Å²) in [4.78, 5) is 17.1. The number of aromatic nitrogens is 3. The standard InChI is InChI=1S/C22H20N4O2/c1-16-9-11-18(12-10-16)26-20(14-17-6-3-2-4-7-17)24-21(25-26)22(27)23-15-19-8-5-13-28-19/h2-13H,14-15H2,1H3,(H,23,27). The van der Waals surface area contributed by atoms with Crippen molar-refractivity contribution in [1.29, 1.82) is 0 Å². The van der Waals surface area contributed by atoms with Gasteiger partial charge in [0, 0.05) is 6.42 Å². The van der Waals surface area contributed by atoms with Gasteiger partial charge in [0.25, 0.3) is 5.91 Å². The van der Waals surface area contributed by atoms with Crippen LogP contribution in [0.3, 0.4) is 0 Å². The van der Waals surface area contributed by atoms with Crippen molar-refractivity contribution in [3.63, 3.8) is 0 Å². The Bertz CT molecular complexity index is 1050. The van der Waals surface area contributed by atoms with E-state index in [0.29, 0.717) is 24.6 Å². The number of benzene rings is 2. The molecule has 0 atom stereocenters. The van der Waals surface area contributed by atoms with Crippen molar-refractivity contribution in [2.45, 2.75) is 19.9 Å². The molecule has 2 heterocycles. The van der Waals surface area contributed by atoms with E-state index in [9.17, 15) is 4.79 Å². The molecule has 0 aliphatic heterocycles. The third-order valence-corrected chi connectivity index (χ3v) is 4.36. The van der Waals surface area contributed by atoms with Gasteiger partial charge in [0.1, 0.15) is 11.6 Å². The maximum absolute atomic E-state index is 12.6. The van der Waals surface area contributed by atoms with Crippen molar-refractivity contribution >= 4 is 5.91 Å². The number of rotatable bonds is 6. The van der Waals surface area contributed by atoms with Crippen LogP contribution in [-0.2, 0) is 13.0 Å². The van der Waals surface area contributed by atoms with Crippen molar-refractivity contribution in [3.05, 3.63) is 102 Å². The Morgan fingerprint density at radius 1 is 1.04 bits per heavy atom. The smallest absolute Gasteiger partial charge is 0.291 e. The summed E-state index contributed by atoms with van der Waals surface area (Å²) in [7, 11) is 0. The molecule has 4 aromatic rings. The van der Waals surface area contributed by atoms with Gasteiger partial charge < -0.3 is 9.73 Å². The molecule has 2 aromatic heterocycles. The number of carbonyl (C=O) groups is 1. The Morgan fingerprint density at radius 2 is 1.82 bits per heavy atom. The van der Waals surface area contributed by atoms with Crippen molar-refractivity contribution < 1.29 is 9.21 Å². The van der Waals surface area contributed by atoms with E-state index in [2.05, 4.69) is 15.4 Å². The van der Waals surface area contributed by atoms with E-state index in [1.165, 1.54) is 0 Å². The molecule has 0 fully saturated rings. The summed E-state index contributed by atoms with van der Waals surface area (Å²) in [5.74, 6) is 1.18. The van der Waals surface area contributed by atoms with Crippen molar-refractivity contribution in [2.24, 2.45) is 0 Å². The molecular weight excluding hydrogens is 352 g/mol. The molecule has 6 heteroatoms. The molecule has 0 spiro atoms. The van der Waals surface area contributed by atoms with E-state index in [-0.39, 0.29) is 11.7 Å². The van der Waals surface area contributed by atoms with E-state index in [1.54, 1.807) is 23.1 Å². The third kappa shape index (κ3) is 4.01. The molecule has 0 aliphatic rings. The number of aryl methyl sites for hydroxylation is 1. The largest absolute Gasteiger partial charge is 0.467 e. The predicted octanol–water partition coefficient (Wildman–Crippen LogP) is 3.69. The molecule has 0 saturated heterocycles. The highest BCUT2D eigenvalue weighted by molar-refractivity contribution is 5.90. The first kappa shape index (κ1) is 17.7. The molecule has 1 amide bonds. The maximum Gasteiger partial charge on any atom is 0.291 e. The summed E-state index contributed by atoms with van der Waals surface area (Å²) in [5, 5.41) is 7.26. The third-order valence-electron chi connectivity index (χ3n) is 4.36. The van der Waals surface area contributed by atoms with Gasteiger partial charge in [0.15, 0.2) is 0 Å². The molecule has 28 heavy (non-hydrogen) atoms. The van der Waals surface area contributed by atoms with E-state index in [4.69, 9.17) is 4.42 Å². The molecule has 0 bridgehead atoms. The van der Waals surface area contributed by atoms with Gasteiger partial charge >= 0.3 is 0 Å². The normalized spacial score (nSPS) is 10.8. The SMILES string of the molecule is Cc1ccc(-n2nc(C(=O)NCc3ccco3)nc2Cc2ccccc2)cc1. The average Bonchev–Trinajstić information content (AvgIpc) is 3.38. The number of amides is 1. The minimum Gasteiger partial charge on any atom is -0.467 e. The van der Waals surface area contributed by atoms with Crippen LogP contribution in [0.2, 0.25) is 0 Å². The van der Waals surface area contributed by atoms with Crippen molar-refractivity contribution in [3.8, 4) is 5.69 Å². The quantitative estimate of drug-likeness (QED) is 0.560. The summed E-state index contributed by atoms with van der Waals surface area (Å²) >= 11 is 0. The zero-order valence-electron chi connectivity index (χ0n) is 15.5. The van der Waals surface area contributed by atoms with Gasteiger partial charge in [0.05, 0.1) is 18.5 Å². The van der Waals surface area contributed by atoms with E-state index < -0.39 is 0 Å². The van der Waals surface area contributed by atoms with Crippen LogP contribution < -0.4 is 5.32 Å². The number of hydrogen-bond acceptors (Lipinski definition) is 4. The van der Waals surface area contributed by atoms with Crippen LogP contribution in [0.5, 0.6) is 0 Å². The average molecular weight is 372 g/mol. The fraction of sp³-hybridized carbons (Fsp3) is 0.136. The molecule has 140 valence electrons. The Balaban J connectivity index is 1.63. The highest BCUT2D eigenvalue weighted by atomic mass is 16.3. The lowest BCUT2D eigenvalue weighted by Crippen LogP contribution is -2.24. The topological polar surface area (TPSA) is 73.0 Å². The first-order valence-electron chi connectivity index (χ1n) is 9.06. The number of nitrogens with zero attached hydrogens (tertiary/aromatic N) is 3. The van der Waals surface area contributed by atoms with Gasteiger partial charge in [-0.2, -0.15) is 0 Å². The predicted molar refractivity (Wildman–Crippen MR) is 105 cm³/mol. The second-order valence-electron chi connectivity index (χ2n) is 6.52. The van der Waals surface area contributed by atoms with Crippen molar-refractivity contribution in [1.82, 2.24) is 20.1 Å². The van der Waals surface area contributed by atoms with E-state index in [0.717, 1.165) is 16.8 Å². The minimum absolute atomic E-state index is 0.137. The zero-order valence-corrected chi connectivity index (χ0v) is 15.5. The Hall–Kier alpha value is -3.67. The second-order valence-corrected chi connectivity index (χ2v) is 6.52. The highest BCUT2D eigenvalue weighted by Crippen LogP contribution is 2.15. The molecule has 0 saturated carbocycles. The van der Waals surface area contributed by atoms with Gasteiger partial charge in [0.2, 0.25) is 5.82 Å². The lowest BCUT2D eigenvalue weighted by Gasteiger charge is -2.06. The first-order valence-corrected chi connectivity index (χ1v) is 9.06. The van der Waals surface area contributed by atoms with Crippen LogP contribution >= 0.6 is 0 Å². The van der Waals surface area contributed by atoms with Crippen LogP contribution in [-0.4, -0.2) is 20.7 Å². The molecule has 1 N–H and O–H groups in total. The van der Waals surface area contributed by atoms with Gasteiger partial charge in [-0.25, -0.2) is 9.67 Å². The van der Waals surface area contributed by atoms with Gasteiger partial charge in [-0.3, -0.25) is 4.79 Å². The van der Waals surface area contributed by atoms with E-state index in [1.807, 2.05) is 61.5 Å². The summed E-state index contributed by atoms with van der Waals surface area (Å²) < 4.78 is 6.98. The fourth-order valence-corrected chi connectivity index (χ4v) is 2.89. The Morgan fingerprint density at radius 3 is 2.54 bits per heavy atom. The lowest BCUT2D eigenvalue weighted by atomic mass is 10.1. The summed E-state index contributed by atoms with van der Waals surface area (Å²) in [6.07, 6.45) is 2.15. The molecule has 4 rings (SSSR count). The Kier molecular flexibility index (Phi) is 5.01. The minimum atomic E-state index is -0.337. The summed E-state index contributed by atoms with van der Waals surface area (Å²) in [6, 6.07) is 21.6. The second kappa shape index (κ2) is 7.92. The van der Waals surface area contributed by atoms with E-state index >= 15 is 0 Å². The molecule has 0 radical (unpaired) electrons. The zero-order chi connectivity index (χ0) is 19.3. The molecular formula is C22H20N4O2. The van der Waals surface area contributed by atoms with Crippen LogP contribution in [0.4, 0.5) is 0 Å². The molecule has 0 aliphatic carbocycles. The molecule has 6 nitrogen and oxygen atoms in total. The first-order chi connectivity index (χ1) is 13.7. The summed E-state index contributed by atoms with van der Waals surface area (Å²) in [6.45, 7) is 2.32. The maximum atomic E-state index is 12.6.